The predicted molar refractivity (Wildman–Crippen MR) is 96.7 cm³/mol. The number of rotatable bonds is 4. The van der Waals surface area contributed by atoms with Gasteiger partial charge in [-0.15, -0.1) is 0 Å². The summed E-state index contributed by atoms with van der Waals surface area (Å²) in [6.45, 7) is 0. The standard InChI is InChI=1S/C21H13F3N2O2/c22-21(23,24)16-8-12-18(13-9-16)27-17-10-6-14(7-11-17)19-25-20(28-26-19)15-4-2-1-3-5-15/h1-13H. The van der Waals surface area contributed by atoms with Gasteiger partial charge in [0.1, 0.15) is 11.5 Å². The number of ether oxygens (including phenoxy) is 1. The van der Waals surface area contributed by atoms with Crippen molar-refractivity contribution in [3.05, 3.63) is 84.4 Å². The Hall–Kier alpha value is -3.61. The van der Waals surface area contributed by atoms with E-state index in [2.05, 4.69) is 10.1 Å². The molecule has 1 heterocycles. The smallest absolute Gasteiger partial charge is 0.416 e. The molecule has 3 aromatic carbocycles. The Kier molecular flexibility index (Phi) is 4.57. The summed E-state index contributed by atoms with van der Waals surface area (Å²) in [5, 5.41) is 3.98. The highest BCUT2D eigenvalue weighted by molar-refractivity contribution is 5.60. The molecule has 0 saturated heterocycles. The van der Waals surface area contributed by atoms with E-state index in [1.807, 2.05) is 30.3 Å². The maximum atomic E-state index is 12.6. The molecule has 4 rings (SSSR count). The molecule has 0 amide bonds. The minimum Gasteiger partial charge on any atom is -0.457 e. The van der Waals surface area contributed by atoms with Gasteiger partial charge in [-0.25, -0.2) is 0 Å². The van der Waals surface area contributed by atoms with Crippen LogP contribution >= 0.6 is 0 Å². The second kappa shape index (κ2) is 7.19. The Bertz CT molecular complexity index is 1060. The van der Waals surface area contributed by atoms with Gasteiger partial charge in [-0.2, -0.15) is 18.2 Å². The molecule has 4 aromatic rings. The van der Waals surface area contributed by atoms with Gasteiger partial charge in [-0.3, -0.25) is 0 Å². The lowest BCUT2D eigenvalue weighted by atomic mass is 10.2. The molecular weight excluding hydrogens is 369 g/mol. The molecule has 0 N–H and O–H groups in total. The molecule has 4 nitrogen and oxygen atoms in total. The molecule has 0 unspecified atom stereocenters. The van der Waals surface area contributed by atoms with Crippen LogP contribution in [0.1, 0.15) is 5.56 Å². The summed E-state index contributed by atoms with van der Waals surface area (Å²) in [4.78, 5) is 4.37. The molecule has 0 aliphatic heterocycles. The van der Waals surface area contributed by atoms with E-state index in [9.17, 15) is 13.2 Å². The zero-order valence-electron chi connectivity index (χ0n) is 14.4. The molecule has 0 atom stereocenters. The number of aromatic nitrogens is 2. The van der Waals surface area contributed by atoms with E-state index in [0.717, 1.165) is 23.3 Å². The molecular formula is C21H13F3N2O2. The van der Waals surface area contributed by atoms with E-state index in [4.69, 9.17) is 9.26 Å². The fraction of sp³-hybridized carbons (Fsp3) is 0.0476. The fourth-order valence-electron chi connectivity index (χ4n) is 2.56. The number of hydrogen-bond acceptors (Lipinski definition) is 4. The third kappa shape index (κ3) is 3.88. The number of benzene rings is 3. The van der Waals surface area contributed by atoms with Gasteiger partial charge in [-0.05, 0) is 60.7 Å². The molecule has 140 valence electrons. The maximum Gasteiger partial charge on any atom is 0.416 e. The summed E-state index contributed by atoms with van der Waals surface area (Å²) >= 11 is 0. The molecule has 28 heavy (non-hydrogen) atoms. The first kappa shape index (κ1) is 17.8. The van der Waals surface area contributed by atoms with Crippen molar-refractivity contribution in [2.75, 3.05) is 0 Å². The molecule has 0 radical (unpaired) electrons. The monoisotopic (exact) mass is 382 g/mol. The van der Waals surface area contributed by atoms with E-state index >= 15 is 0 Å². The van der Waals surface area contributed by atoms with Crippen LogP contribution in [0.4, 0.5) is 13.2 Å². The van der Waals surface area contributed by atoms with Crippen LogP contribution in [0.25, 0.3) is 22.8 Å². The van der Waals surface area contributed by atoms with Crippen molar-refractivity contribution in [1.82, 2.24) is 10.1 Å². The first-order valence-corrected chi connectivity index (χ1v) is 8.34. The highest BCUT2D eigenvalue weighted by Crippen LogP contribution is 2.32. The van der Waals surface area contributed by atoms with Crippen LogP contribution in [0.3, 0.4) is 0 Å². The summed E-state index contributed by atoms with van der Waals surface area (Å²) in [6.07, 6.45) is -4.37. The summed E-state index contributed by atoms with van der Waals surface area (Å²) in [6, 6.07) is 20.8. The first-order valence-electron chi connectivity index (χ1n) is 8.34. The highest BCUT2D eigenvalue weighted by atomic mass is 19.4. The van der Waals surface area contributed by atoms with Crippen molar-refractivity contribution in [2.45, 2.75) is 6.18 Å². The third-order valence-electron chi connectivity index (χ3n) is 3.98. The Labute approximate surface area is 158 Å². The molecule has 0 fully saturated rings. The minimum absolute atomic E-state index is 0.312. The zero-order valence-corrected chi connectivity index (χ0v) is 14.4. The van der Waals surface area contributed by atoms with Crippen molar-refractivity contribution in [3.63, 3.8) is 0 Å². The third-order valence-corrected chi connectivity index (χ3v) is 3.98. The highest BCUT2D eigenvalue weighted by Gasteiger charge is 2.30. The normalized spacial score (nSPS) is 11.4. The van der Waals surface area contributed by atoms with Crippen LogP contribution in [0.5, 0.6) is 11.5 Å². The second-order valence-corrected chi connectivity index (χ2v) is 5.94. The second-order valence-electron chi connectivity index (χ2n) is 5.94. The number of alkyl halides is 3. The van der Waals surface area contributed by atoms with Crippen LogP contribution in [0, 0.1) is 0 Å². The molecule has 1 aromatic heterocycles. The summed E-state index contributed by atoms with van der Waals surface area (Å²) < 4.78 is 48.7. The first-order chi connectivity index (χ1) is 13.5. The Balaban J connectivity index is 1.48. The van der Waals surface area contributed by atoms with Crippen molar-refractivity contribution >= 4 is 0 Å². The molecule has 0 aliphatic carbocycles. The number of nitrogens with zero attached hydrogens (tertiary/aromatic N) is 2. The topological polar surface area (TPSA) is 48.2 Å². The minimum atomic E-state index is -4.37. The number of hydrogen-bond donors (Lipinski definition) is 0. The average molecular weight is 382 g/mol. The fourth-order valence-corrected chi connectivity index (χ4v) is 2.56. The SMILES string of the molecule is FC(F)(F)c1ccc(Oc2ccc(-c3noc(-c4ccccc4)n3)cc2)cc1. The Morgan fingerprint density at radius 1 is 0.714 bits per heavy atom. The Morgan fingerprint density at radius 2 is 1.32 bits per heavy atom. The van der Waals surface area contributed by atoms with Gasteiger partial charge in [0, 0.05) is 11.1 Å². The van der Waals surface area contributed by atoms with Crippen molar-refractivity contribution in [2.24, 2.45) is 0 Å². The lowest BCUT2D eigenvalue weighted by Crippen LogP contribution is -2.03. The summed E-state index contributed by atoms with van der Waals surface area (Å²) in [5.41, 5.74) is 0.829. The number of halogens is 3. The largest absolute Gasteiger partial charge is 0.457 e. The van der Waals surface area contributed by atoms with Gasteiger partial charge in [-0.1, -0.05) is 23.4 Å². The lowest BCUT2D eigenvalue weighted by molar-refractivity contribution is -0.137. The summed E-state index contributed by atoms with van der Waals surface area (Å²) in [7, 11) is 0. The van der Waals surface area contributed by atoms with Gasteiger partial charge >= 0.3 is 6.18 Å². The van der Waals surface area contributed by atoms with Gasteiger partial charge < -0.3 is 9.26 Å². The van der Waals surface area contributed by atoms with Crippen molar-refractivity contribution < 1.29 is 22.4 Å². The van der Waals surface area contributed by atoms with Crippen molar-refractivity contribution in [3.8, 4) is 34.3 Å². The van der Waals surface area contributed by atoms with Crippen LogP contribution in [-0.4, -0.2) is 10.1 Å². The van der Waals surface area contributed by atoms with E-state index < -0.39 is 11.7 Å². The van der Waals surface area contributed by atoms with Crippen LogP contribution in [0.2, 0.25) is 0 Å². The van der Waals surface area contributed by atoms with Crippen LogP contribution < -0.4 is 4.74 Å². The molecule has 0 bridgehead atoms. The van der Waals surface area contributed by atoms with Crippen LogP contribution in [0.15, 0.2) is 83.4 Å². The van der Waals surface area contributed by atoms with Crippen LogP contribution in [-0.2, 0) is 6.18 Å². The average Bonchev–Trinajstić information content (AvgIpc) is 3.19. The molecule has 0 aliphatic rings. The maximum absolute atomic E-state index is 12.6. The predicted octanol–water partition coefficient (Wildman–Crippen LogP) is 6.21. The molecule has 7 heteroatoms. The van der Waals surface area contributed by atoms with Crippen molar-refractivity contribution in [1.29, 1.82) is 0 Å². The van der Waals surface area contributed by atoms with Gasteiger partial charge in [0.15, 0.2) is 0 Å². The van der Waals surface area contributed by atoms with E-state index in [1.54, 1.807) is 24.3 Å². The van der Waals surface area contributed by atoms with Gasteiger partial charge in [0.2, 0.25) is 5.82 Å². The zero-order chi connectivity index (χ0) is 19.6. The lowest BCUT2D eigenvalue weighted by Gasteiger charge is -2.09. The van der Waals surface area contributed by atoms with E-state index in [1.165, 1.54) is 12.1 Å². The van der Waals surface area contributed by atoms with E-state index in [0.29, 0.717) is 23.2 Å². The molecule has 0 saturated carbocycles. The quantitative estimate of drug-likeness (QED) is 0.421. The molecule has 0 spiro atoms. The van der Waals surface area contributed by atoms with E-state index in [-0.39, 0.29) is 0 Å². The Morgan fingerprint density at radius 3 is 1.93 bits per heavy atom. The summed E-state index contributed by atoms with van der Waals surface area (Å²) in [5.74, 6) is 1.64. The van der Waals surface area contributed by atoms with Gasteiger partial charge in [0.25, 0.3) is 5.89 Å². The van der Waals surface area contributed by atoms with Gasteiger partial charge in [0.05, 0.1) is 5.56 Å².